The highest BCUT2D eigenvalue weighted by atomic mass is 16.7. The predicted octanol–water partition coefficient (Wildman–Crippen LogP) is 2.82. The predicted molar refractivity (Wildman–Crippen MR) is 77.0 cm³/mol. The second-order valence-corrected chi connectivity index (χ2v) is 4.59. The van der Waals surface area contributed by atoms with Gasteiger partial charge in [0.1, 0.15) is 11.5 Å². The van der Waals surface area contributed by atoms with Crippen LogP contribution in [-0.2, 0) is 20.8 Å². The summed E-state index contributed by atoms with van der Waals surface area (Å²) in [6.45, 7) is 2.87. The maximum atomic E-state index is 11.3. The average Bonchev–Trinajstić information content (AvgIpc) is 2.92. The molecule has 1 aromatic heterocycles. The topological polar surface area (TPSA) is 59.8 Å². The number of benzene rings is 1. The van der Waals surface area contributed by atoms with E-state index in [4.69, 9.17) is 9.25 Å². The van der Waals surface area contributed by atoms with Crippen molar-refractivity contribution in [2.75, 3.05) is 6.54 Å². The van der Waals surface area contributed by atoms with Crippen LogP contribution in [0, 0.1) is 0 Å². The first-order valence-electron chi connectivity index (χ1n) is 6.67. The van der Waals surface area contributed by atoms with Crippen LogP contribution in [0.15, 0.2) is 46.9 Å². The number of nitrogens with zero attached hydrogens (tertiary/aromatic N) is 1. The van der Waals surface area contributed by atoms with Gasteiger partial charge in [-0.15, -0.1) is 0 Å². The van der Waals surface area contributed by atoms with Gasteiger partial charge in [-0.05, 0) is 12.1 Å². The Kier molecular flexibility index (Phi) is 4.77. The molecule has 0 aliphatic carbocycles. The zero-order valence-electron chi connectivity index (χ0n) is 12.0. The van der Waals surface area contributed by atoms with Crippen molar-refractivity contribution < 1.29 is 18.8 Å². The maximum Gasteiger partial charge on any atom is 0.329 e. The molecule has 5 heteroatoms. The van der Waals surface area contributed by atoms with Crippen LogP contribution in [0.25, 0.3) is 11.3 Å². The third-order valence-electron chi connectivity index (χ3n) is 2.87. The zero-order chi connectivity index (χ0) is 15.2. The summed E-state index contributed by atoms with van der Waals surface area (Å²) in [6, 6.07) is 13.5. The van der Waals surface area contributed by atoms with Crippen LogP contribution < -0.4 is 0 Å². The van der Waals surface area contributed by atoms with Gasteiger partial charge in [0.05, 0.1) is 6.54 Å². The summed E-state index contributed by atoms with van der Waals surface area (Å²) in [5.41, 5.74) is 0.993. The Morgan fingerprint density at radius 3 is 2.43 bits per heavy atom. The van der Waals surface area contributed by atoms with Crippen molar-refractivity contribution in [1.29, 1.82) is 0 Å². The Hall–Kier alpha value is -2.56. The highest BCUT2D eigenvalue weighted by Gasteiger charge is 2.13. The quantitative estimate of drug-likeness (QED) is 0.811. The zero-order valence-corrected chi connectivity index (χ0v) is 12.0. The SMILES string of the molecule is CC(=O)ON(CCc1ccc(-c2ccccc2)o1)C(C)=O. The first-order chi connectivity index (χ1) is 10.1. The molecule has 110 valence electrons. The molecule has 0 saturated heterocycles. The van der Waals surface area contributed by atoms with E-state index in [0.717, 1.165) is 22.1 Å². The van der Waals surface area contributed by atoms with Gasteiger partial charge in [0.25, 0.3) is 5.91 Å². The summed E-state index contributed by atoms with van der Waals surface area (Å²) < 4.78 is 5.73. The van der Waals surface area contributed by atoms with E-state index in [1.165, 1.54) is 13.8 Å². The minimum absolute atomic E-state index is 0.261. The maximum absolute atomic E-state index is 11.3. The molecule has 2 rings (SSSR count). The van der Waals surface area contributed by atoms with Crippen molar-refractivity contribution in [1.82, 2.24) is 5.06 Å². The first-order valence-corrected chi connectivity index (χ1v) is 6.67. The number of hydrogen-bond donors (Lipinski definition) is 0. The molecule has 5 nitrogen and oxygen atoms in total. The van der Waals surface area contributed by atoms with Crippen LogP contribution >= 0.6 is 0 Å². The van der Waals surface area contributed by atoms with Crippen LogP contribution in [0.4, 0.5) is 0 Å². The molecular weight excluding hydrogens is 270 g/mol. The standard InChI is InChI=1S/C16H17NO4/c1-12(18)17(21-13(2)19)11-10-15-8-9-16(20-15)14-6-4-3-5-7-14/h3-9H,10-11H2,1-2H3. The Labute approximate surface area is 123 Å². The third-order valence-corrected chi connectivity index (χ3v) is 2.87. The highest BCUT2D eigenvalue weighted by molar-refractivity contribution is 5.75. The Bertz CT molecular complexity index is 618. The summed E-state index contributed by atoms with van der Waals surface area (Å²) in [7, 11) is 0. The van der Waals surface area contributed by atoms with Gasteiger partial charge < -0.3 is 9.25 Å². The van der Waals surface area contributed by atoms with Crippen LogP contribution in [-0.4, -0.2) is 23.5 Å². The lowest BCUT2D eigenvalue weighted by Gasteiger charge is -2.17. The molecule has 2 aromatic rings. The summed E-state index contributed by atoms with van der Waals surface area (Å²) in [6.07, 6.45) is 0.472. The van der Waals surface area contributed by atoms with E-state index in [0.29, 0.717) is 6.42 Å². The molecular formula is C16H17NO4. The molecule has 0 aliphatic heterocycles. The Morgan fingerprint density at radius 2 is 1.81 bits per heavy atom. The number of amides is 1. The molecule has 0 saturated carbocycles. The summed E-state index contributed by atoms with van der Waals surface area (Å²) >= 11 is 0. The fourth-order valence-electron chi connectivity index (χ4n) is 1.90. The van der Waals surface area contributed by atoms with E-state index in [2.05, 4.69) is 0 Å². The lowest BCUT2D eigenvalue weighted by atomic mass is 10.2. The van der Waals surface area contributed by atoms with Crippen molar-refractivity contribution in [2.45, 2.75) is 20.3 Å². The molecule has 0 atom stereocenters. The number of carbonyl (C=O) groups excluding carboxylic acids is 2. The molecule has 0 aliphatic rings. The van der Waals surface area contributed by atoms with Crippen molar-refractivity contribution in [3.63, 3.8) is 0 Å². The first kappa shape index (κ1) is 14.8. The Balaban J connectivity index is 1.99. The summed E-state index contributed by atoms with van der Waals surface area (Å²) in [4.78, 5) is 27.1. The van der Waals surface area contributed by atoms with E-state index in [1.54, 1.807) is 0 Å². The smallest absolute Gasteiger partial charge is 0.329 e. The van der Waals surface area contributed by atoms with Crippen molar-refractivity contribution >= 4 is 11.9 Å². The van der Waals surface area contributed by atoms with Gasteiger partial charge in [-0.3, -0.25) is 9.59 Å². The third kappa shape index (κ3) is 4.21. The van der Waals surface area contributed by atoms with E-state index >= 15 is 0 Å². The fraction of sp³-hybridized carbons (Fsp3) is 0.250. The lowest BCUT2D eigenvalue weighted by molar-refractivity contribution is -0.195. The van der Waals surface area contributed by atoms with Gasteiger partial charge in [-0.2, -0.15) is 5.06 Å². The molecule has 0 N–H and O–H groups in total. The monoisotopic (exact) mass is 287 g/mol. The second-order valence-electron chi connectivity index (χ2n) is 4.59. The second kappa shape index (κ2) is 6.74. The summed E-state index contributed by atoms with van der Waals surface area (Å²) in [5.74, 6) is 0.661. The van der Waals surface area contributed by atoms with Gasteiger partial charge in [0, 0.05) is 25.8 Å². The number of furan rings is 1. The van der Waals surface area contributed by atoms with Gasteiger partial charge >= 0.3 is 5.97 Å². The van der Waals surface area contributed by atoms with Crippen molar-refractivity contribution in [3.05, 3.63) is 48.2 Å². The van der Waals surface area contributed by atoms with E-state index in [-0.39, 0.29) is 12.5 Å². The van der Waals surface area contributed by atoms with E-state index in [1.807, 2.05) is 42.5 Å². The average molecular weight is 287 g/mol. The van der Waals surface area contributed by atoms with E-state index in [9.17, 15) is 9.59 Å². The van der Waals surface area contributed by atoms with Crippen LogP contribution in [0.1, 0.15) is 19.6 Å². The van der Waals surface area contributed by atoms with Gasteiger partial charge in [0.2, 0.25) is 0 Å². The molecule has 0 spiro atoms. The largest absolute Gasteiger partial charge is 0.461 e. The number of hydroxylamine groups is 2. The molecule has 1 amide bonds. The Morgan fingerprint density at radius 1 is 1.10 bits per heavy atom. The van der Waals surface area contributed by atoms with Gasteiger partial charge in [-0.1, -0.05) is 30.3 Å². The normalized spacial score (nSPS) is 10.2. The van der Waals surface area contributed by atoms with Crippen LogP contribution in [0.5, 0.6) is 0 Å². The fourth-order valence-corrected chi connectivity index (χ4v) is 1.90. The van der Waals surface area contributed by atoms with E-state index < -0.39 is 5.97 Å². The lowest BCUT2D eigenvalue weighted by Crippen LogP contribution is -2.32. The summed E-state index contributed by atoms with van der Waals surface area (Å²) in [5, 5.41) is 1.03. The molecule has 21 heavy (non-hydrogen) atoms. The van der Waals surface area contributed by atoms with Gasteiger partial charge in [0.15, 0.2) is 0 Å². The molecule has 1 aromatic carbocycles. The number of rotatable bonds is 4. The molecule has 1 heterocycles. The minimum Gasteiger partial charge on any atom is -0.461 e. The molecule has 0 unspecified atom stereocenters. The number of carbonyl (C=O) groups is 2. The molecule has 0 bridgehead atoms. The van der Waals surface area contributed by atoms with Crippen LogP contribution in [0.3, 0.4) is 0 Å². The van der Waals surface area contributed by atoms with Gasteiger partial charge in [-0.25, -0.2) is 0 Å². The minimum atomic E-state index is -0.519. The van der Waals surface area contributed by atoms with Crippen LogP contribution in [0.2, 0.25) is 0 Å². The van der Waals surface area contributed by atoms with Crippen molar-refractivity contribution in [2.24, 2.45) is 0 Å². The molecule has 0 fully saturated rings. The number of hydrogen-bond acceptors (Lipinski definition) is 4. The van der Waals surface area contributed by atoms with Crippen molar-refractivity contribution in [3.8, 4) is 11.3 Å². The molecule has 0 radical (unpaired) electrons. The highest BCUT2D eigenvalue weighted by Crippen LogP contribution is 2.22.